The van der Waals surface area contributed by atoms with Crippen LogP contribution in [0, 0.1) is 0 Å². The van der Waals surface area contributed by atoms with Crippen molar-refractivity contribution in [1.29, 1.82) is 0 Å². The number of likely N-dealkylation sites (tertiary alicyclic amines) is 1. The number of piperidine rings is 1. The van der Waals surface area contributed by atoms with E-state index in [1.165, 1.54) is 19.3 Å². The molecule has 1 atom stereocenters. The van der Waals surface area contributed by atoms with Gasteiger partial charge in [0, 0.05) is 0 Å². The van der Waals surface area contributed by atoms with Gasteiger partial charge < -0.3 is 4.79 Å². The van der Waals surface area contributed by atoms with Crippen molar-refractivity contribution in [3.05, 3.63) is 0 Å². The summed E-state index contributed by atoms with van der Waals surface area (Å²) in [7, 11) is 0. The lowest BCUT2D eigenvalue weighted by molar-refractivity contribution is -0.112. The van der Waals surface area contributed by atoms with Crippen LogP contribution in [-0.4, -0.2) is 30.3 Å². The average Bonchev–Trinajstić information content (AvgIpc) is 2.09. The number of nitrogens with zero attached hydrogens (tertiary/aromatic N) is 1. The minimum Gasteiger partial charge on any atom is -0.302 e. The normalized spacial score (nSPS) is 23.0. The van der Waals surface area contributed by atoms with E-state index < -0.39 is 0 Å². The van der Waals surface area contributed by atoms with E-state index in [2.05, 4.69) is 11.8 Å². The molecule has 0 radical (unpaired) electrons. The first-order chi connectivity index (χ1) is 5.38. The number of carbonyl (C=O) groups is 1. The van der Waals surface area contributed by atoms with Gasteiger partial charge in [0.05, 0.1) is 6.04 Å². The molecule has 1 heterocycles. The van der Waals surface area contributed by atoms with Crippen LogP contribution in [0.2, 0.25) is 0 Å². The van der Waals surface area contributed by atoms with Gasteiger partial charge in [0.25, 0.3) is 0 Å². The Morgan fingerprint density at radius 1 is 1.36 bits per heavy atom. The maximum absolute atomic E-state index is 10.6. The molecule has 2 heteroatoms. The van der Waals surface area contributed by atoms with E-state index >= 15 is 0 Å². The second kappa shape index (κ2) is 4.50. The molecule has 64 valence electrons. The fourth-order valence-electron chi connectivity index (χ4n) is 1.69. The molecule has 0 aromatic rings. The quantitative estimate of drug-likeness (QED) is 0.575. The molecule has 1 saturated heterocycles. The Morgan fingerprint density at radius 3 is 2.45 bits per heavy atom. The first-order valence-electron chi connectivity index (χ1n) is 4.58. The van der Waals surface area contributed by atoms with Crippen molar-refractivity contribution in [2.75, 3.05) is 13.1 Å². The van der Waals surface area contributed by atoms with Gasteiger partial charge in [-0.05, 0) is 32.4 Å². The molecule has 0 aromatic carbocycles. The summed E-state index contributed by atoms with van der Waals surface area (Å²) in [5.41, 5.74) is 0. The fraction of sp³-hybridized carbons (Fsp3) is 0.889. The Morgan fingerprint density at radius 2 is 2.00 bits per heavy atom. The molecular formula is C9H17NO. The zero-order valence-electron chi connectivity index (χ0n) is 7.25. The lowest BCUT2D eigenvalue weighted by atomic mass is 10.1. The molecule has 1 unspecified atom stereocenters. The number of rotatable bonds is 3. The van der Waals surface area contributed by atoms with Crippen LogP contribution >= 0.6 is 0 Å². The van der Waals surface area contributed by atoms with Crippen molar-refractivity contribution in [3.63, 3.8) is 0 Å². The maximum Gasteiger partial charge on any atom is 0.137 e. The number of hydrogen-bond acceptors (Lipinski definition) is 2. The topological polar surface area (TPSA) is 20.3 Å². The zero-order chi connectivity index (χ0) is 8.10. The summed E-state index contributed by atoms with van der Waals surface area (Å²) in [5, 5.41) is 0. The lowest BCUT2D eigenvalue weighted by Crippen LogP contribution is -2.39. The molecule has 0 spiro atoms. The molecule has 0 saturated carbocycles. The van der Waals surface area contributed by atoms with Crippen molar-refractivity contribution in [1.82, 2.24) is 4.90 Å². The summed E-state index contributed by atoms with van der Waals surface area (Å²) in [4.78, 5) is 12.9. The summed E-state index contributed by atoms with van der Waals surface area (Å²) in [6.07, 6.45) is 5.93. The van der Waals surface area contributed by atoms with E-state index in [9.17, 15) is 4.79 Å². The van der Waals surface area contributed by atoms with Crippen LogP contribution < -0.4 is 0 Å². The van der Waals surface area contributed by atoms with Crippen molar-refractivity contribution >= 4 is 6.29 Å². The zero-order valence-corrected chi connectivity index (χ0v) is 7.25. The predicted molar refractivity (Wildman–Crippen MR) is 45.6 cm³/mol. The molecule has 0 bridgehead atoms. The largest absolute Gasteiger partial charge is 0.302 e. The van der Waals surface area contributed by atoms with Gasteiger partial charge in [0.2, 0.25) is 0 Å². The van der Waals surface area contributed by atoms with Crippen molar-refractivity contribution < 1.29 is 4.79 Å². The third-order valence-corrected chi connectivity index (χ3v) is 2.44. The SMILES string of the molecule is CCC(C=O)N1CCCCC1. The first kappa shape index (κ1) is 8.72. The highest BCUT2D eigenvalue weighted by Gasteiger charge is 2.17. The summed E-state index contributed by atoms with van der Waals surface area (Å²) in [6.45, 7) is 4.32. The molecule has 0 aromatic heterocycles. The minimum atomic E-state index is 0.190. The molecular weight excluding hydrogens is 138 g/mol. The number of aldehydes is 1. The van der Waals surface area contributed by atoms with Gasteiger partial charge in [0.15, 0.2) is 0 Å². The highest BCUT2D eigenvalue weighted by molar-refractivity contribution is 5.57. The smallest absolute Gasteiger partial charge is 0.137 e. The van der Waals surface area contributed by atoms with Crippen molar-refractivity contribution in [3.8, 4) is 0 Å². The highest BCUT2D eigenvalue weighted by atomic mass is 16.1. The Balaban J connectivity index is 2.35. The Bertz CT molecular complexity index is 119. The third kappa shape index (κ3) is 2.29. The van der Waals surface area contributed by atoms with Gasteiger partial charge in [-0.1, -0.05) is 13.3 Å². The van der Waals surface area contributed by atoms with E-state index in [-0.39, 0.29) is 6.04 Å². The maximum atomic E-state index is 10.6. The number of carbonyl (C=O) groups excluding carboxylic acids is 1. The molecule has 2 nitrogen and oxygen atoms in total. The minimum absolute atomic E-state index is 0.190. The van der Waals surface area contributed by atoms with E-state index in [4.69, 9.17) is 0 Å². The molecule has 1 aliphatic heterocycles. The van der Waals surface area contributed by atoms with Crippen LogP contribution in [0.15, 0.2) is 0 Å². The van der Waals surface area contributed by atoms with Crippen molar-refractivity contribution in [2.24, 2.45) is 0 Å². The molecule has 11 heavy (non-hydrogen) atoms. The van der Waals surface area contributed by atoms with Gasteiger partial charge in [-0.2, -0.15) is 0 Å². The molecule has 0 amide bonds. The van der Waals surface area contributed by atoms with Gasteiger partial charge in [-0.15, -0.1) is 0 Å². The molecule has 0 aliphatic carbocycles. The van der Waals surface area contributed by atoms with Crippen LogP contribution in [0.4, 0.5) is 0 Å². The van der Waals surface area contributed by atoms with Crippen LogP contribution in [0.5, 0.6) is 0 Å². The van der Waals surface area contributed by atoms with Gasteiger partial charge in [-0.3, -0.25) is 4.90 Å². The second-order valence-corrected chi connectivity index (χ2v) is 3.21. The molecule has 1 rings (SSSR count). The first-order valence-corrected chi connectivity index (χ1v) is 4.58. The van der Waals surface area contributed by atoms with Gasteiger partial charge in [0.1, 0.15) is 6.29 Å². The third-order valence-electron chi connectivity index (χ3n) is 2.44. The van der Waals surface area contributed by atoms with Crippen LogP contribution in [-0.2, 0) is 4.79 Å². The van der Waals surface area contributed by atoms with E-state index in [0.29, 0.717) is 0 Å². The van der Waals surface area contributed by atoms with Crippen LogP contribution in [0.3, 0.4) is 0 Å². The second-order valence-electron chi connectivity index (χ2n) is 3.21. The van der Waals surface area contributed by atoms with Gasteiger partial charge in [-0.25, -0.2) is 0 Å². The summed E-state index contributed by atoms with van der Waals surface area (Å²) >= 11 is 0. The van der Waals surface area contributed by atoms with Gasteiger partial charge >= 0.3 is 0 Å². The fourth-order valence-corrected chi connectivity index (χ4v) is 1.69. The van der Waals surface area contributed by atoms with Crippen LogP contribution in [0.25, 0.3) is 0 Å². The average molecular weight is 155 g/mol. The molecule has 0 N–H and O–H groups in total. The predicted octanol–water partition coefficient (Wildman–Crippen LogP) is 1.45. The Hall–Kier alpha value is -0.370. The summed E-state index contributed by atoms with van der Waals surface area (Å²) in [6, 6.07) is 0.190. The lowest BCUT2D eigenvalue weighted by Gasteiger charge is -2.30. The number of hydrogen-bond donors (Lipinski definition) is 0. The van der Waals surface area contributed by atoms with E-state index in [1.54, 1.807) is 0 Å². The van der Waals surface area contributed by atoms with E-state index in [1.807, 2.05) is 0 Å². The van der Waals surface area contributed by atoms with Crippen molar-refractivity contribution in [2.45, 2.75) is 38.6 Å². The summed E-state index contributed by atoms with van der Waals surface area (Å²) < 4.78 is 0. The Labute approximate surface area is 68.6 Å². The van der Waals surface area contributed by atoms with E-state index in [0.717, 1.165) is 25.8 Å². The van der Waals surface area contributed by atoms with Crippen LogP contribution in [0.1, 0.15) is 32.6 Å². The standard InChI is InChI=1S/C9H17NO/c1-2-9(8-11)10-6-4-3-5-7-10/h8-9H,2-7H2,1H3. The summed E-state index contributed by atoms with van der Waals surface area (Å²) in [5.74, 6) is 0. The monoisotopic (exact) mass is 155 g/mol. The molecule has 1 fully saturated rings. The molecule has 1 aliphatic rings. The Kier molecular flexibility index (Phi) is 3.57. The highest BCUT2D eigenvalue weighted by Crippen LogP contribution is 2.12.